The second kappa shape index (κ2) is 5.63. The number of aliphatic carboxylic acids is 1. The molecule has 0 atom stereocenters. The highest BCUT2D eigenvalue weighted by atomic mass is 16.4. The summed E-state index contributed by atoms with van der Waals surface area (Å²) in [6.45, 7) is 7.22. The van der Waals surface area contributed by atoms with E-state index in [1.54, 1.807) is 26.2 Å². The van der Waals surface area contributed by atoms with Crippen molar-refractivity contribution in [3.8, 4) is 16.8 Å². The number of aromatic nitrogens is 4. The predicted molar refractivity (Wildman–Crippen MR) is 91.2 cm³/mol. The van der Waals surface area contributed by atoms with Crippen LogP contribution in [0.1, 0.15) is 25.2 Å². The van der Waals surface area contributed by atoms with Gasteiger partial charge in [-0.15, -0.1) is 0 Å². The SMILES string of the molecule is Cc1cc(C)n(-c2cccc(-c3cnn(C(C)(C)C(=O)O)c3)c2)n1. The average Bonchev–Trinajstić information content (AvgIpc) is 3.14. The molecular weight excluding hydrogens is 304 g/mol. The fourth-order valence-electron chi connectivity index (χ4n) is 2.58. The Balaban J connectivity index is 2.00. The third-order valence-electron chi connectivity index (χ3n) is 4.11. The Labute approximate surface area is 140 Å². The Morgan fingerprint density at radius 1 is 1.17 bits per heavy atom. The second-order valence-corrected chi connectivity index (χ2v) is 6.43. The van der Waals surface area contributed by atoms with Gasteiger partial charge in [0, 0.05) is 17.5 Å². The zero-order valence-corrected chi connectivity index (χ0v) is 14.2. The van der Waals surface area contributed by atoms with Crippen LogP contribution in [-0.4, -0.2) is 30.6 Å². The molecule has 0 amide bonds. The molecule has 1 N–H and O–H groups in total. The summed E-state index contributed by atoms with van der Waals surface area (Å²) in [5.74, 6) is -0.923. The number of aryl methyl sites for hydroxylation is 2. The summed E-state index contributed by atoms with van der Waals surface area (Å²) in [5.41, 5.74) is 3.73. The normalized spacial score (nSPS) is 11.7. The number of nitrogens with zero attached hydrogens (tertiary/aromatic N) is 4. The van der Waals surface area contributed by atoms with E-state index in [0.717, 1.165) is 28.2 Å². The molecule has 0 fully saturated rings. The standard InChI is InChI=1S/C18H20N4O2/c1-12-8-13(2)22(20-12)16-7-5-6-14(9-16)15-10-19-21(11-15)18(3,4)17(23)24/h5-11H,1-4H3,(H,23,24). The van der Waals surface area contributed by atoms with Gasteiger partial charge in [0.1, 0.15) is 0 Å². The van der Waals surface area contributed by atoms with Crippen molar-refractivity contribution >= 4 is 5.97 Å². The van der Waals surface area contributed by atoms with E-state index in [4.69, 9.17) is 0 Å². The minimum absolute atomic E-state index is 0.868. The molecule has 24 heavy (non-hydrogen) atoms. The topological polar surface area (TPSA) is 72.9 Å². The Kier molecular flexibility index (Phi) is 3.75. The molecule has 3 rings (SSSR count). The molecule has 2 heterocycles. The Morgan fingerprint density at radius 2 is 1.92 bits per heavy atom. The van der Waals surface area contributed by atoms with Crippen molar-refractivity contribution < 1.29 is 9.90 Å². The number of rotatable bonds is 4. The zero-order chi connectivity index (χ0) is 17.5. The lowest BCUT2D eigenvalue weighted by atomic mass is 10.1. The summed E-state index contributed by atoms with van der Waals surface area (Å²) >= 11 is 0. The monoisotopic (exact) mass is 324 g/mol. The predicted octanol–water partition coefficient (Wildman–Crippen LogP) is 3.17. The summed E-state index contributed by atoms with van der Waals surface area (Å²) in [6.07, 6.45) is 3.44. The fourth-order valence-corrected chi connectivity index (χ4v) is 2.58. The minimum atomic E-state index is -1.09. The third-order valence-corrected chi connectivity index (χ3v) is 4.11. The van der Waals surface area contributed by atoms with Crippen molar-refractivity contribution in [2.24, 2.45) is 0 Å². The van der Waals surface area contributed by atoms with Crippen molar-refractivity contribution in [3.05, 3.63) is 54.1 Å². The first-order valence-electron chi connectivity index (χ1n) is 7.71. The molecular formula is C18H20N4O2. The third kappa shape index (κ3) is 2.71. The van der Waals surface area contributed by atoms with Crippen molar-refractivity contribution in [2.75, 3.05) is 0 Å². The highest BCUT2D eigenvalue weighted by Crippen LogP contribution is 2.25. The molecule has 0 bridgehead atoms. The molecule has 124 valence electrons. The molecule has 0 aliphatic carbocycles. The van der Waals surface area contributed by atoms with E-state index < -0.39 is 11.5 Å². The summed E-state index contributed by atoms with van der Waals surface area (Å²) in [4.78, 5) is 11.4. The number of carboxylic acid groups (broad SMARTS) is 1. The number of hydrogen-bond acceptors (Lipinski definition) is 3. The first kappa shape index (κ1) is 16.0. The van der Waals surface area contributed by atoms with E-state index in [1.807, 2.05) is 48.9 Å². The molecule has 6 heteroatoms. The molecule has 1 aromatic carbocycles. The number of benzene rings is 1. The van der Waals surface area contributed by atoms with E-state index in [0.29, 0.717) is 0 Å². The van der Waals surface area contributed by atoms with Crippen LogP contribution in [0.5, 0.6) is 0 Å². The van der Waals surface area contributed by atoms with Crippen LogP contribution in [0.25, 0.3) is 16.8 Å². The lowest BCUT2D eigenvalue weighted by Crippen LogP contribution is -2.35. The highest BCUT2D eigenvalue weighted by molar-refractivity contribution is 5.76. The maximum atomic E-state index is 11.4. The zero-order valence-electron chi connectivity index (χ0n) is 14.2. The molecule has 0 saturated heterocycles. The van der Waals surface area contributed by atoms with Crippen LogP contribution in [0.15, 0.2) is 42.7 Å². The van der Waals surface area contributed by atoms with Gasteiger partial charge in [0.25, 0.3) is 0 Å². The van der Waals surface area contributed by atoms with Gasteiger partial charge < -0.3 is 5.11 Å². The largest absolute Gasteiger partial charge is 0.479 e. The van der Waals surface area contributed by atoms with Crippen molar-refractivity contribution in [3.63, 3.8) is 0 Å². The molecule has 0 aliphatic heterocycles. The maximum Gasteiger partial charge on any atom is 0.331 e. The molecule has 0 radical (unpaired) electrons. The van der Waals surface area contributed by atoms with Gasteiger partial charge in [-0.1, -0.05) is 12.1 Å². The molecule has 2 aromatic heterocycles. The second-order valence-electron chi connectivity index (χ2n) is 6.43. The summed E-state index contributed by atoms with van der Waals surface area (Å²) in [6, 6.07) is 9.98. The van der Waals surface area contributed by atoms with E-state index >= 15 is 0 Å². The van der Waals surface area contributed by atoms with Crippen molar-refractivity contribution in [2.45, 2.75) is 33.2 Å². The van der Waals surface area contributed by atoms with Gasteiger partial charge in [-0.3, -0.25) is 4.68 Å². The Morgan fingerprint density at radius 3 is 2.54 bits per heavy atom. The van der Waals surface area contributed by atoms with E-state index in [1.165, 1.54) is 4.68 Å². The van der Waals surface area contributed by atoms with E-state index in [-0.39, 0.29) is 0 Å². The first-order valence-corrected chi connectivity index (χ1v) is 7.71. The van der Waals surface area contributed by atoms with Crippen LogP contribution >= 0.6 is 0 Å². The lowest BCUT2D eigenvalue weighted by molar-refractivity contribution is -0.146. The van der Waals surface area contributed by atoms with Gasteiger partial charge >= 0.3 is 5.97 Å². The molecule has 6 nitrogen and oxygen atoms in total. The Bertz CT molecular complexity index is 905. The number of carboxylic acids is 1. The van der Waals surface area contributed by atoms with Gasteiger partial charge in [0.05, 0.1) is 17.6 Å². The van der Waals surface area contributed by atoms with E-state index in [2.05, 4.69) is 10.2 Å². The molecule has 0 aliphatic rings. The van der Waals surface area contributed by atoms with Crippen LogP contribution < -0.4 is 0 Å². The first-order chi connectivity index (χ1) is 11.3. The molecule has 0 spiro atoms. The van der Waals surface area contributed by atoms with Crippen LogP contribution in [0.4, 0.5) is 0 Å². The van der Waals surface area contributed by atoms with Gasteiger partial charge in [0.2, 0.25) is 0 Å². The summed E-state index contributed by atoms with van der Waals surface area (Å²) < 4.78 is 3.37. The quantitative estimate of drug-likeness (QED) is 0.800. The molecule has 3 aromatic rings. The van der Waals surface area contributed by atoms with Crippen LogP contribution in [0.3, 0.4) is 0 Å². The summed E-state index contributed by atoms with van der Waals surface area (Å²) in [7, 11) is 0. The lowest BCUT2D eigenvalue weighted by Gasteiger charge is -2.19. The van der Waals surface area contributed by atoms with Crippen LogP contribution in [-0.2, 0) is 10.3 Å². The summed E-state index contributed by atoms with van der Waals surface area (Å²) in [5, 5.41) is 18.1. The maximum absolute atomic E-state index is 11.4. The van der Waals surface area contributed by atoms with Gasteiger partial charge in [-0.25, -0.2) is 9.48 Å². The van der Waals surface area contributed by atoms with Gasteiger partial charge in [-0.05, 0) is 51.5 Å². The van der Waals surface area contributed by atoms with Crippen molar-refractivity contribution in [1.82, 2.24) is 19.6 Å². The van der Waals surface area contributed by atoms with E-state index in [9.17, 15) is 9.90 Å². The van der Waals surface area contributed by atoms with Gasteiger partial charge in [-0.2, -0.15) is 10.2 Å². The number of carbonyl (C=O) groups is 1. The van der Waals surface area contributed by atoms with Crippen molar-refractivity contribution in [1.29, 1.82) is 0 Å². The minimum Gasteiger partial charge on any atom is -0.479 e. The molecule has 0 unspecified atom stereocenters. The molecule has 0 saturated carbocycles. The highest BCUT2D eigenvalue weighted by Gasteiger charge is 2.30. The van der Waals surface area contributed by atoms with Crippen LogP contribution in [0.2, 0.25) is 0 Å². The van der Waals surface area contributed by atoms with Gasteiger partial charge in [0.15, 0.2) is 5.54 Å². The average molecular weight is 324 g/mol. The van der Waals surface area contributed by atoms with Crippen LogP contribution in [0, 0.1) is 13.8 Å². The number of hydrogen-bond donors (Lipinski definition) is 1. The fraction of sp³-hybridized carbons (Fsp3) is 0.278. The Hall–Kier alpha value is -2.89. The smallest absolute Gasteiger partial charge is 0.331 e.